The molecule has 1 atom stereocenters. The van der Waals surface area contributed by atoms with Crippen LogP contribution < -0.4 is 0 Å². The highest BCUT2D eigenvalue weighted by Crippen LogP contribution is 2.23. The van der Waals surface area contributed by atoms with Gasteiger partial charge in [-0.2, -0.15) is 11.4 Å². The van der Waals surface area contributed by atoms with Gasteiger partial charge in [0.2, 0.25) is 0 Å². The lowest BCUT2D eigenvalue weighted by molar-refractivity contribution is 0.0984. The largest absolute Gasteiger partial charge is 0.293 e. The maximum absolute atomic E-state index is 13.1. The van der Waals surface area contributed by atoms with Crippen molar-refractivity contribution in [1.29, 1.82) is 0 Å². The molecule has 2 heteroatoms. The van der Waals surface area contributed by atoms with Crippen LogP contribution in [0.1, 0.15) is 33.0 Å². The van der Waals surface area contributed by atoms with Crippen molar-refractivity contribution in [2.45, 2.75) is 24.7 Å². The highest BCUT2D eigenvalue weighted by atomic mass is 32.1. The maximum Gasteiger partial charge on any atom is 0.174 e. The van der Waals surface area contributed by atoms with E-state index in [1.165, 1.54) is 16.0 Å². The van der Waals surface area contributed by atoms with Gasteiger partial charge in [0.05, 0.1) is 5.92 Å². The summed E-state index contributed by atoms with van der Waals surface area (Å²) < 4.78 is 0. The average Bonchev–Trinajstić information content (AvgIpc) is 2.66. The topological polar surface area (TPSA) is 17.1 Å². The van der Waals surface area contributed by atoms with Crippen molar-refractivity contribution in [3.8, 4) is 0 Å². The van der Waals surface area contributed by atoms with Gasteiger partial charge in [-0.3, -0.25) is 4.79 Å². The Labute approximate surface area is 153 Å². The summed E-state index contributed by atoms with van der Waals surface area (Å²) in [6, 6.07) is 26.0. The fourth-order valence-electron chi connectivity index (χ4n) is 2.71. The van der Waals surface area contributed by atoms with Crippen molar-refractivity contribution in [2.75, 3.05) is 0 Å². The summed E-state index contributed by atoms with van der Waals surface area (Å²) in [7, 11) is 0. The molecule has 0 radical (unpaired) electrons. The molecule has 126 valence electrons. The minimum absolute atomic E-state index is 0.142. The van der Waals surface area contributed by atoms with Gasteiger partial charge in [-0.1, -0.05) is 66.7 Å². The van der Waals surface area contributed by atoms with E-state index in [1.54, 1.807) is 0 Å². The van der Waals surface area contributed by atoms with E-state index in [4.69, 9.17) is 0 Å². The molecule has 0 saturated carbocycles. The number of hydrogen-bond acceptors (Lipinski definition) is 1. The molecule has 0 aliphatic carbocycles. The second-order valence-corrected chi connectivity index (χ2v) is 7.24. The zero-order chi connectivity index (χ0) is 17.6. The lowest BCUT2D eigenvalue weighted by atomic mass is 9.92. The molecule has 0 bridgehead atoms. The normalized spacial score (nSPS) is 12.6. The van der Waals surface area contributed by atoms with Gasteiger partial charge in [0.15, 0.2) is 5.78 Å². The zero-order valence-corrected chi connectivity index (χ0v) is 15.4. The summed E-state index contributed by atoms with van der Waals surface area (Å²) in [5.74, 6) is -0.102. The third-order valence-corrected chi connectivity index (χ3v) is 5.39. The predicted molar refractivity (Wildman–Crippen MR) is 109 cm³/mol. The van der Waals surface area contributed by atoms with Crippen molar-refractivity contribution in [1.82, 2.24) is 0 Å². The van der Waals surface area contributed by atoms with E-state index in [1.807, 2.05) is 60.7 Å². The molecule has 25 heavy (non-hydrogen) atoms. The van der Waals surface area contributed by atoms with Gasteiger partial charge >= 0.3 is 0 Å². The molecule has 0 N–H and O–H groups in total. The summed E-state index contributed by atoms with van der Waals surface area (Å²) in [5, 5.41) is 2.11. The second kappa shape index (κ2) is 8.09. The fraction of sp³-hybridized carbons (Fsp3) is 0.130. The third kappa shape index (κ3) is 4.34. The number of aryl methyl sites for hydroxylation is 2. The van der Waals surface area contributed by atoms with E-state index >= 15 is 0 Å². The van der Waals surface area contributed by atoms with Crippen molar-refractivity contribution in [2.24, 2.45) is 0 Å². The van der Waals surface area contributed by atoms with Crippen LogP contribution in [-0.2, 0) is 0 Å². The minimum atomic E-state index is -0.244. The first-order chi connectivity index (χ1) is 12.1. The molecule has 0 saturated heterocycles. The van der Waals surface area contributed by atoms with Crippen molar-refractivity contribution >= 4 is 22.5 Å². The zero-order valence-electron chi connectivity index (χ0n) is 14.5. The van der Waals surface area contributed by atoms with Crippen LogP contribution in [0.25, 0.3) is 0 Å². The Morgan fingerprint density at radius 3 is 2.12 bits per heavy atom. The number of ketones is 1. The number of carbonyl (C=O) groups excluding carboxylic acids is 1. The van der Waals surface area contributed by atoms with Crippen LogP contribution in [0.5, 0.6) is 0 Å². The first-order valence-corrected chi connectivity index (χ1v) is 9.37. The van der Waals surface area contributed by atoms with Crippen LogP contribution in [0.2, 0.25) is 0 Å². The van der Waals surface area contributed by atoms with Gasteiger partial charge in [0.1, 0.15) is 0 Å². The van der Waals surface area contributed by atoms with E-state index in [0.717, 1.165) is 22.5 Å². The molecular weight excluding hydrogens is 324 g/mol. The molecule has 0 aliphatic heterocycles. The lowest BCUT2D eigenvalue weighted by Crippen LogP contribution is -2.13. The van der Waals surface area contributed by atoms with Gasteiger partial charge in [-0.15, -0.1) is 0 Å². The molecule has 0 aromatic heterocycles. The summed E-state index contributed by atoms with van der Waals surface area (Å²) >= 11 is 1.06. The average molecular weight is 346 g/mol. The molecular formula is C23H22OS. The first-order valence-electron chi connectivity index (χ1n) is 8.41. The molecule has 3 rings (SSSR count). The van der Waals surface area contributed by atoms with Crippen LogP contribution >= 0.6 is 11.4 Å². The van der Waals surface area contributed by atoms with E-state index in [2.05, 4.69) is 37.4 Å². The standard InChI is InChI=1S/C23H22OS/c1-17-13-14-21(15-18(17)2)25-16-22(19-9-5-3-6-10-19)23(24)20-11-7-4-8-12-20/h3-16,22,25H,1-2H3. The first kappa shape index (κ1) is 17.4. The number of Topliss-reactive ketones (excluding diaryl/α,β-unsaturated/α-hetero) is 1. The summed E-state index contributed by atoms with van der Waals surface area (Å²) in [6.45, 7) is 4.24. The summed E-state index contributed by atoms with van der Waals surface area (Å²) in [6.07, 6.45) is 0. The monoisotopic (exact) mass is 346 g/mol. The summed E-state index contributed by atoms with van der Waals surface area (Å²) in [4.78, 5) is 14.3. The molecule has 1 unspecified atom stereocenters. The van der Waals surface area contributed by atoms with E-state index < -0.39 is 0 Å². The van der Waals surface area contributed by atoms with Gasteiger partial charge in [0, 0.05) is 5.56 Å². The Bertz CT molecular complexity index is 882. The maximum atomic E-state index is 13.1. The van der Waals surface area contributed by atoms with Gasteiger partial charge in [-0.05, 0) is 52.9 Å². The number of carbonyl (C=O) groups is 1. The van der Waals surface area contributed by atoms with E-state index in [9.17, 15) is 4.79 Å². The van der Waals surface area contributed by atoms with Crippen LogP contribution in [-0.4, -0.2) is 11.2 Å². The fourth-order valence-corrected chi connectivity index (χ4v) is 3.77. The Hall–Kier alpha value is -2.45. The Morgan fingerprint density at radius 1 is 0.840 bits per heavy atom. The molecule has 0 spiro atoms. The molecule has 3 aromatic rings. The van der Waals surface area contributed by atoms with Crippen LogP contribution in [0.3, 0.4) is 0 Å². The highest BCUT2D eigenvalue weighted by molar-refractivity contribution is 7.97. The van der Waals surface area contributed by atoms with Crippen molar-refractivity contribution in [3.05, 3.63) is 101 Å². The molecule has 0 heterocycles. The molecule has 3 aromatic carbocycles. The highest BCUT2D eigenvalue weighted by Gasteiger charge is 2.19. The molecule has 0 fully saturated rings. The van der Waals surface area contributed by atoms with Crippen molar-refractivity contribution < 1.29 is 4.79 Å². The predicted octanol–water partition coefficient (Wildman–Crippen LogP) is 5.60. The molecule has 1 nitrogen and oxygen atoms in total. The Morgan fingerprint density at radius 2 is 1.48 bits per heavy atom. The van der Waals surface area contributed by atoms with E-state index in [-0.39, 0.29) is 11.7 Å². The van der Waals surface area contributed by atoms with Crippen LogP contribution in [0, 0.1) is 13.8 Å². The van der Waals surface area contributed by atoms with Gasteiger partial charge in [0.25, 0.3) is 0 Å². The Balaban J connectivity index is 1.95. The molecule has 0 aliphatic rings. The smallest absolute Gasteiger partial charge is 0.174 e. The minimum Gasteiger partial charge on any atom is -0.293 e. The SMILES string of the molecule is Cc1ccc([SH]=CC(C(=O)c2ccccc2)c2ccccc2)cc1C. The third-order valence-electron chi connectivity index (χ3n) is 4.36. The lowest BCUT2D eigenvalue weighted by Gasteiger charge is -2.13. The Kier molecular flexibility index (Phi) is 5.62. The molecule has 0 amide bonds. The quantitative estimate of drug-likeness (QED) is 0.362. The number of hydrogen-bond donors (Lipinski definition) is 1. The number of benzene rings is 3. The van der Waals surface area contributed by atoms with Crippen LogP contribution in [0.4, 0.5) is 0 Å². The van der Waals surface area contributed by atoms with Crippen LogP contribution in [0.15, 0.2) is 83.8 Å². The van der Waals surface area contributed by atoms with E-state index in [0.29, 0.717) is 0 Å². The van der Waals surface area contributed by atoms with Crippen molar-refractivity contribution in [3.63, 3.8) is 0 Å². The van der Waals surface area contributed by atoms with Gasteiger partial charge in [-0.25, -0.2) is 0 Å². The number of rotatable bonds is 5. The number of thiol groups is 1. The van der Waals surface area contributed by atoms with Gasteiger partial charge < -0.3 is 0 Å². The second-order valence-electron chi connectivity index (χ2n) is 6.17. The summed E-state index contributed by atoms with van der Waals surface area (Å²) in [5.41, 5.74) is 4.36.